The summed E-state index contributed by atoms with van der Waals surface area (Å²) < 4.78 is 5.11. The maximum Gasteiger partial charge on any atom is 0.336 e. The Morgan fingerprint density at radius 3 is 2.53 bits per heavy atom. The van der Waals surface area contributed by atoms with E-state index in [-0.39, 0.29) is 5.78 Å². The van der Waals surface area contributed by atoms with Crippen molar-refractivity contribution in [2.75, 3.05) is 19.0 Å². The zero-order valence-electron chi connectivity index (χ0n) is 9.98. The summed E-state index contributed by atoms with van der Waals surface area (Å²) in [6.45, 7) is 1.44. The van der Waals surface area contributed by atoms with Gasteiger partial charge in [-0.3, -0.25) is 4.79 Å². The summed E-state index contributed by atoms with van der Waals surface area (Å²) >= 11 is 0. The van der Waals surface area contributed by atoms with Crippen LogP contribution in [0.5, 0.6) is 0 Å². The maximum absolute atomic E-state index is 11.4. The first-order chi connectivity index (χ1) is 7.99. The van der Waals surface area contributed by atoms with E-state index >= 15 is 0 Å². The maximum atomic E-state index is 11.4. The van der Waals surface area contributed by atoms with Crippen LogP contribution in [0.4, 0.5) is 5.69 Å². The van der Waals surface area contributed by atoms with E-state index in [0.717, 1.165) is 5.69 Å². The van der Waals surface area contributed by atoms with Crippen LogP contribution >= 0.6 is 0 Å². The smallest absolute Gasteiger partial charge is 0.336 e. The van der Waals surface area contributed by atoms with E-state index in [0.29, 0.717) is 16.5 Å². The molecular formula is C13H13NO3. The summed E-state index contributed by atoms with van der Waals surface area (Å²) in [6, 6.07) is 6.67. The standard InChI is InChI=1S/C13H13NO3/c1-8(15)11-7-13(16)17-12-6-9(14(2)3)4-5-10(11)12/h4-7H,1-3H3. The Hall–Kier alpha value is -2.10. The monoisotopic (exact) mass is 231 g/mol. The van der Waals surface area contributed by atoms with Crippen LogP contribution in [0.2, 0.25) is 0 Å². The van der Waals surface area contributed by atoms with E-state index in [9.17, 15) is 9.59 Å². The van der Waals surface area contributed by atoms with Gasteiger partial charge in [-0.15, -0.1) is 0 Å². The molecular weight excluding hydrogens is 218 g/mol. The van der Waals surface area contributed by atoms with Gasteiger partial charge >= 0.3 is 5.63 Å². The molecule has 1 heterocycles. The molecule has 1 aromatic heterocycles. The molecule has 17 heavy (non-hydrogen) atoms. The fourth-order valence-electron chi connectivity index (χ4n) is 1.72. The van der Waals surface area contributed by atoms with Crippen molar-refractivity contribution in [2.24, 2.45) is 0 Å². The lowest BCUT2D eigenvalue weighted by molar-refractivity contribution is 0.101. The third kappa shape index (κ3) is 2.06. The lowest BCUT2D eigenvalue weighted by atomic mass is 10.1. The van der Waals surface area contributed by atoms with Gasteiger partial charge in [0.25, 0.3) is 0 Å². The van der Waals surface area contributed by atoms with Crippen molar-refractivity contribution in [3.05, 3.63) is 40.2 Å². The minimum Gasteiger partial charge on any atom is -0.423 e. The van der Waals surface area contributed by atoms with Crippen LogP contribution in [0, 0.1) is 0 Å². The van der Waals surface area contributed by atoms with Gasteiger partial charge in [0.1, 0.15) is 5.58 Å². The van der Waals surface area contributed by atoms with Gasteiger partial charge in [-0.25, -0.2) is 4.79 Å². The van der Waals surface area contributed by atoms with Crippen LogP contribution in [0.1, 0.15) is 17.3 Å². The first-order valence-electron chi connectivity index (χ1n) is 5.25. The van der Waals surface area contributed by atoms with Crippen LogP contribution in [0.25, 0.3) is 11.0 Å². The van der Waals surface area contributed by atoms with E-state index in [2.05, 4.69) is 0 Å². The summed E-state index contributed by atoms with van der Waals surface area (Å²) in [5, 5.41) is 0.669. The van der Waals surface area contributed by atoms with E-state index in [4.69, 9.17) is 4.42 Å². The molecule has 2 aromatic rings. The molecule has 0 aliphatic rings. The summed E-state index contributed by atoms with van der Waals surface area (Å²) in [4.78, 5) is 24.7. The average molecular weight is 231 g/mol. The second-order valence-electron chi connectivity index (χ2n) is 4.11. The summed E-state index contributed by atoms with van der Waals surface area (Å²) in [7, 11) is 3.79. The molecule has 4 nitrogen and oxygen atoms in total. The van der Waals surface area contributed by atoms with Crippen molar-refractivity contribution in [1.82, 2.24) is 0 Å². The van der Waals surface area contributed by atoms with Gasteiger partial charge in [-0.05, 0) is 19.1 Å². The molecule has 0 spiro atoms. The summed E-state index contributed by atoms with van der Waals surface area (Å²) in [6.07, 6.45) is 0. The van der Waals surface area contributed by atoms with E-state index in [1.165, 1.54) is 13.0 Å². The Morgan fingerprint density at radius 1 is 1.24 bits per heavy atom. The highest BCUT2D eigenvalue weighted by molar-refractivity contribution is 6.05. The molecule has 0 atom stereocenters. The predicted molar refractivity (Wildman–Crippen MR) is 66.8 cm³/mol. The molecule has 0 radical (unpaired) electrons. The van der Waals surface area contributed by atoms with Crippen molar-refractivity contribution in [2.45, 2.75) is 6.92 Å². The quantitative estimate of drug-likeness (QED) is 0.586. The number of rotatable bonds is 2. The minimum absolute atomic E-state index is 0.138. The van der Waals surface area contributed by atoms with Crippen molar-refractivity contribution >= 4 is 22.4 Å². The number of Topliss-reactive ketones (excluding diaryl/α,β-unsaturated/α-hetero) is 1. The van der Waals surface area contributed by atoms with Crippen LogP contribution in [0.3, 0.4) is 0 Å². The van der Waals surface area contributed by atoms with Crippen molar-refractivity contribution in [3.8, 4) is 0 Å². The summed E-state index contributed by atoms with van der Waals surface area (Å²) in [5.41, 5.74) is 1.26. The molecule has 1 aromatic carbocycles. The van der Waals surface area contributed by atoms with Gasteiger partial charge < -0.3 is 9.32 Å². The second-order valence-corrected chi connectivity index (χ2v) is 4.11. The number of carbonyl (C=O) groups is 1. The zero-order chi connectivity index (χ0) is 12.6. The molecule has 2 rings (SSSR count). The fraction of sp³-hybridized carbons (Fsp3) is 0.231. The fourth-order valence-corrected chi connectivity index (χ4v) is 1.72. The minimum atomic E-state index is -0.501. The Balaban J connectivity index is 2.80. The Labute approximate surface area is 98.5 Å². The van der Waals surface area contributed by atoms with Crippen molar-refractivity contribution < 1.29 is 9.21 Å². The highest BCUT2D eigenvalue weighted by Crippen LogP contribution is 2.22. The van der Waals surface area contributed by atoms with Gasteiger partial charge in [-0.2, -0.15) is 0 Å². The van der Waals surface area contributed by atoms with Crippen molar-refractivity contribution in [3.63, 3.8) is 0 Å². The SMILES string of the molecule is CC(=O)c1cc(=O)oc2cc(N(C)C)ccc12. The Kier molecular flexibility index (Phi) is 2.71. The van der Waals surface area contributed by atoms with Gasteiger partial charge in [0.05, 0.1) is 0 Å². The third-order valence-corrected chi connectivity index (χ3v) is 2.62. The molecule has 0 bridgehead atoms. The Morgan fingerprint density at radius 2 is 1.94 bits per heavy atom. The van der Waals surface area contributed by atoms with E-state index in [1.807, 2.05) is 25.1 Å². The van der Waals surface area contributed by atoms with Gasteiger partial charge in [0, 0.05) is 42.9 Å². The Bertz CT molecular complexity index is 641. The number of carbonyl (C=O) groups excluding carboxylic acids is 1. The second kappa shape index (κ2) is 4.05. The molecule has 0 amide bonds. The lowest BCUT2D eigenvalue weighted by Gasteiger charge is -2.12. The highest BCUT2D eigenvalue weighted by Gasteiger charge is 2.10. The first-order valence-corrected chi connectivity index (χ1v) is 5.25. The van der Waals surface area contributed by atoms with Gasteiger partial charge in [-0.1, -0.05) is 0 Å². The zero-order valence-corrected chi connectivity index (χ0v) is 9.98. The van der Waals surface area contributed by atoms with Crippen LogP contribution < -0.4 is 10.5 Å². The first kappa shape index (κ1) is 11.4. The number of anilines is 1. The molecule has 4 heteroatoms. The largest absolute Gasteiger partial charge is 0.423 e. The average Bonchev–Trinajstić information content (AvgIpc) is 2.26. The highest BCUT2D eigenvalue weighted by atomic mass is 16.4. The predicted octanol–water partition coefficient (Wildman–Crippen LogP) is 2.06. The number of ketones is 1. The third-order valence-electron chi connectivity index (χ3n) is 2.62. The van der Waals surface area contributed by atoms with Crippen LogP contribution in [0.15, 0.2) is 33.5 Å². The van der Waals surface area contributed by atoms with Gasteiger partial charge in [0.15, 0.2) is 5.78 Å². The molecule has 0 fully saturated rings. The molecule has 0 saturated carbocycles. The number of benzene rings is 1. The number of fused-ring (bicyclic) bond motifs is 1. The topological polar surface area (TPSA) is 50.5 Å². The number of nitrogens with zero attached hydrogens (tertiary/aromatic N) is 1. The summed E-state index contributed by atoms with van der Waals surface area (Å²) in [5.74, 6) is -0.138. The molecule has 0 saturated heterocycles. The van der Waals surface area contributed by atoms with Crippen molar-refractivity contribution in [1.29, 1.82) is 0 Å². The van der Waals surface area contributed by atoms with Gasteiger partial charge in [0.2, 0.25) is 0 Å². The molecule has 0 aliphatic carbocycles. The molecule has 88 valence electrons. The number of hydrogen-bond acceptors (Lipinski definition) is 4. The lowest BCUT2D eigenvalue weighted by Crippen LogP contribution is -2.09. The van der Waals surface area contributed by atoms with Crippen LogP contribution in [-0.4, -0.2) is 19.9 Å². The van der Waals surface area contributed by atoms with E-state index in [1.54, 1.807) is 12.1 Å². The number of hydrogen-bond donors (Lipinski definition) is 0. The normalized spacial score (nSPS) is 10.5. The van der Waals surface area contributed by atoms with E-state index < -0.39 is 5.63 Å². The molecule has 0 aliphatic heterocycles. The molecule has 0 N–H and O–H groups in total. The van der Waals surface area contributed by atoms with Crippen LogP contribution in [-0.2, 0) is 0 Å². The molecule has 0 unspecified atom stereocenters.